The first-order chi connectivity index (χ1) is 16.4. The molecule has 0 aliphatic rings. The Morgan fingerprint density at radius 2 is 1.62 bits per heavy atom. The number of methoxy groups -OCH3 is 1. The number of hydrogen-bond donors (Lipinski definition) is 2. The maximum atomic E-state index is 13.5. The summed E-state index contributed by atoms with van der Waals surface area (Å²) in [4.78, 5) is 26.2. The van der Waals surface area contributed by atoms with Crippen molar-refractivity contribution in [2.45, 2.75) is 6.04 Å². The molecule has 0 fully saturated rings. The molecule has 2 amide bonds. The van der Waals surface area contributed by atoms with Gasteiger partial charge >= 0.3 is 0 Å². The van der Waals surface area contributed by atoms with Crippen molar-refractivity contribution in [3.05, 3.63) is 117 Å². The molecule has 4 aromatic rings. The maximum absolute atomic E-state index is 13.5. The molecule has 0 saturated heterocycles. The van der Waals surface area contributed by atoms with Crippen LogP contribution in [0.1, 0.15) is 37.2 Å². The van der Waals surface area contributed by atoms with Crippen molar-refractivity contribution in [2.75, 3.05) is 12.4 Å². The van der Waals surface area contributed by atoms with Crippen LogP contribution in [0.3, 0.4) is 0 Å². The highest BCUT2D eigenvalue weighted by atomic mass is 35.5. The summed E-state index contributed by atoms with van der Waals surface area (Å²) in [6, 6.07) is 20.8. The molecule has 1 unspecified atom stereocenters. The smallest absolute Gasteiger partial charge is 0.265 e. The number of rotatable bonds is 7. The zero-order valence-corrected chi connectivity index (χ0v) is 19.6. The van der Waals surface area contributed by atoms with Gasteiger partial charge in [0, 0.05) is 5.56 Å². The Labute approximate surface area is 205 Å². The van der Waals surface area contributed by atoms with Gasteiger partial charge in [-0.05, 0) is 65.0 Å². The maximum Gasteiger partial charge on any atom is 0.265 e. The molecule has 5 nitrogen and oxygen atoms in total. The third kappa shape index (κ3) is 5.44. The number of nitrogens with one attached hydrogen (secondary N) is 2. The second-order valence-electron chi connectivity index (χ2n) is 7.36. The summed E-state index contributed by atoms with van der Waals surface area (Å²) in [6.07, 6.45) is 0. The molecule has 1 aromatic heterocycles. The number of halogens is 2. The van der Waals surface area contributed by atoms with Crippen LogP contribution in [0.2, 0.25) is 5.02 Å². The van der Waals surface area contributed by atoms with Gasteiger partial charge in [0.15, 0.2) is 0 Å². The van der Waals surface area contributed by atoms with Gasteiger partial charge in [0.05, 0.1) is 28.7 Å². The fourth-order valence-electron chi connectivity index (χ4n) is 3.38. The Hall–Kier alpha value is -3.68. The number of benzene rings is 3. The fourth-order valence-corrected chi connectivity index (χ4v) is 4.16. The van der Waals surface area contributed by atoms with Crippen molar-refractivity contribution in [1.29, 1.82) is 0 Å². The van der Waals surface area contributed by atoms with Crippen LogP contribution >= 0.6 is 22.9 Å². The third-order valence-electron chi connectivity index (χ3n) is 5.15. The molecule has 1 heterocycles. The Morgan fingerprint density at radius 3 is 2.24 bits per heavy atom. The molecule has 0 radical (unpaired) electrons. The molecule has 1 atom stereocenters. The summed E-state index contributed by atoms with van der Waals surface area (Å²) in [7, 11) is 1.57. The van der Waals surface area contributed by atoms with Crippen LogP contribution in [0.15, 0.2) is 84.2 Å². The van der Waals surface area contributed by atoms with E-state index in [-0.39, 0.29) is 17.6 Å². The van der Waals surface area contributed by atoms with Gasteiger partial charge in [0.25, 0.3) is 11.8 Å². The largest absolute Gasteiger partial charge is 0.497 e. The third-order valence-corrected chi connectivity index (χ3v) is 6.35. The lowest BCUT2D eigenvalue weighted by molar-refractivity contribution is 0.0941. The van der Waals surface area contributed by atoms with Crippen LogP contribution in [0.4, 0.5) is 10.1 Å². The second kappa shape index (κ2) is 10.5. The molecule has 8 heteroatoms. The molecule has 0 saturated carbocycles. The molecular formula is C26H20ClFN2O3S. The van der Waals surface area contributed by atoms with Crippen LogP contribution in [-0.4, -0.2) is 18.9 Å². The normalized spacial score (nSPS) is 11.5. The zero-order chi connectivity index (χ0) is 24.1. The van der Waals surface area contributed by atoms with E-state index in [0.29, 0.717) is 32.5 Å². The number of amides is 2. The van der Waals surface area contributed by atoms with Crippen LogP contribution in [0.5, 0.6) is 5.75 Å². The van der Waals surface area contributed by atoms with E-state index in [1.165, 1.54) is 29.5 Å². The Kier molecular flexibility index (Phi) is 7.25. The van der Waals surface area contributed by atoms with Gasteiger partial charge in [-0.3, -0.25) is 9.59 Å². The minimum absolute atomic E-state index is 0.308. The Balaban J connectivity index is 1.60. The summed E-state index contributed by atoms with van der Waals surface area (Å²) in [5.41, 5.74) is 2.14. The summed E-state index contributed by atoms with van der Waals surface area (Å²) in [5, 5.41) is 7.85. The van der Waals surface area contributed by atoms with E-state index in [0.717, 1.165) is 5.56 Å². The molecule has 4 rings (SSSR count). The fraction of sp³-hybridized carbons (Fsp3) is 0.0769. The lowest BCUT2D eigenvalue weighted by Gasteiger charge is -2.21. The first kappa shape index (κ1) is 23.5. The van der Waals surface area contributed by atoms with E-state index in [9.17, 15) is 14.0 Å². The minimum Gasteiger partial charge on any atom is -0.497 e. The molecule has 0 aliphatic carbocycles. The molecule has 0 aliphatic heterocycles. The van der Waals surface area contributed by atoms with E-state index in [1.54, 1.807) is 61.0 Å². The van der Waals surface area contributed by atoms with E-state index in [4.69, 9.17) is 16.3 Å². The van der Waals surface area contributed by atoms with E-state index in [2.05, 4.69) is 10.6 Å². The number of anilines is 1. The predicted octanol–water partition coefficient (Wildman–Crippen LogP) is 6.32. The predicted molar refractivity (Wildman–Crippen MR) is 132 cm³/mol. The number of ether oxygens (including phenoxy) is 1. The first-order valence-corrected chi connectivity index (χ1v) is 11.5. The first-order valence-electron chi connectivity index (χ1n) is 10.3. The van der Waals surface area contributed by atoms with Gasteiger partial charge < -0.3 is 15.4 Å². The van der Waals surface area contributed by atoms with Crippen LogP contribution < -0.4 is 15.4 Å². The highest BCUT2D eigenvalue weighted by molar-refractivity contribution is 7.12. The highest BCUT2D eigenvalue weighted by Crippen LogP contribution is 2.27. The van der Waals surface area contributed by atoms with E-state index < -0.39 is 6.04 Å². The SMILES string of the molecule is COc1ccc(C(NC(=O)c2ccc(Cl)c(NC(=O)c3cccs3)c2)c2ccc(F)cc2)cc1. The number of thiophene rings is 1. The van der Waals surface area contributed by atoms with Gasteiger partial charge in [-0.1, -0.05) is 41.9 Å². The molecule has 172 valence electrons. The van der Waals surface area contributed by atoms with E-state index in [1.807, 2.05) is 12.1 Å². The second-order valence-corrected chi connectivity index (χ2v) is 8.71. The quantitative estimate of drug-likeness (QED) is 0.316. The molecular weight excluding hydrogens is 475 g/mol. The summed E-state index contributed by atoms with van der Waals surface area (Å²) in [5.74, 6) is -0.380. The van der Waals surface area contributed by atoms with Crippen molar-refractivity contribution in [1.82, 2.24) is 5.32 Å². The molecule has 3 aromatic carbocycles. The minimum atomic E-state index is -0.543. The number of carbonyl (C=O) groups is 2. The highest BCUT2D eigenvalue weighted by Gasteiger charge is 2.20. The van der Waals surface area contributed by atoms with Crippen molar-refractivity contribution in [3.8, 4) is 5.75 Å². The summed E-state index contributed by atoms with van der Waals surface area (Å²) >= 11 is 7.56. The van der Waals surface area contributed by atoms with Crippen molar-refractivity contribution in [3.63, 3.8) is 0 Å². The van der Waals surface area contributed by atoms with Gasteiger partial charge in [0.2, 0.25) is 0 Å². The number of hydrogen-bond acceptors (Lipinski definition) is 4. The van der Waals surface area contributed by atoms with Gasteiger partial charge in [-0.25, -0.2) is 4.39 Å². The molecule has 0 spiro atoms. The van der Waals surface area contributed by atoms with Crippen LogP contribution in [0, 0.1) is 5.82 Å². The van der Waals surface area contributed by atoms with Crippen LogP contribution in [0.25, 0.3) is 0 Å². The lowest BCUT2D eigenvalue weighted by Crippen LogP contribution is -2.29. The average Bonchev–Trinajstić information content (AvgIpc) is 3.40. The molecule has 2 N–H and O–H groups in total. The number of carbonyl (C=O) groups excluding carboxylic acids is 2. The topological polar surface area (TPSA) is 67.4 Å². The van der Waals surface area contributed by atoms with Gasteiger partial charge in [0.1, 0.15) is 11.6 Å². The monoisotopic (exact) mass is 494 g/mol. The lowest BCUT2D eigenvalue weighted by atomic mass is 9.98. The van der Waals surface area contributed by atoms with Crippen molar-refractivity contribution in [2.24, 2.45) is 0 Å². The van der Waals surface area contributed by atoms with Crippen molar-refractivity contribution < 1.29 is 18.7 Å². The molecule has 0 bridgehead atoms. The summed E-state index contributed by atoms with van der Waals surface area (Å²) in [6.45, 7) is 0. The van der Waals surface area contributed by atoms with Gasteiger partial charge in [-0.2, -0.15) is 0 Å². The van der Waals surface area contributed by atoms with Crippen molar-refractivity contribution >= 4 is 40.4 Å². The standard InChI is InChI=1S/C26H20ClFN2O3S/c1-33-20-11-6-17(7-12-20)24(16-4-9-19(28)10-5-16)30-25(31)18-8-13-21(27)22(15-18)29-26(32)23-3-2-14-34-23/h2-15,24H,1H3,(H,29,32)(H,30,31). The van der Waals surface area contributed by atoms with Gasteiger partial charge in [-0.15, -0.1) is 11.3 Å². The van der Waals surface area contributed by atoms with Crippen LogP contribution in [-0.2, 0) is 0 Å². The Morgan fingerprint density at radius 1 is 0.941 bits per heavy atom. The average molecular weight is 495 g/mol. The molecule has 34 heavy (non-hydrogen) atoms. The zero-order valence-electron chi connectivity index (χ0n) is 18.0. The van der Waals surface area contributed by atoms with E-state index >= 15 is 0 Å². The summed E-state index contributed by atoms with van der Waals surface area (Å²) < 4.78 is 18.7. The Bertz CT molecular complexity index is 1290.